The Kier molecular flexibility index (Phi) is 2.22. The molecule has 0 unspecified atom stereocenters. The van der Waals surface area contributed by atoms with Crippen LogP contribution in [0.1, 0.15) is 25.1 Å². The van der Waals surface area contributed by atoms with Gasteiger partial charge in [0.2, 0.25) is 5.65 Å². The fourth-order valence-corrected chi connectivity index (χ4v) is 2.18. The summed E-state index contributed by atoms with van der Waals surface area (Å²) in [6.45, 7) is 1.83. The Hall–Kier alpha value is -2.18. The van der Waals surface area contributed by atoms with Gasteiger partial charge in [0.25, 0.3) is 0 Å². The van der Waals surface area contributed by atoms with E-state index in [0.29, 0.717) is 24.3 Å². The van der Waals surface area contributed by atoms with E-state index >= 15 is 0 Å². The van der Waals surface area contributed by atoms with Crippen LogP contribution < -0.4 is 5.32 Å². The fraction of sp³-hybridized carbons (Fsp3) is 0.455. The molecule has 2 heterocycles. The van der Waals surface area contributed by atoms with Crippen molar-refractivity contribution in [3.05, 3.63) is 18.2 Å². The molecule has 1 fully saturated rings. The predicted octanol–water partition coefficient (Wildman–Crippen LogP) is 0.852. The third kappa shape index (κ3) is 1.43. The van der Waals surface area contributed by atoms with Gasteiger partial charge in [-0.25, -0.2) is 9.78 Å². The molecule has 0 atom stereocenters. The molecule has 1 saturated carbocycles. The molecule has 0 saturated heterocycles. The second-order valence-electron chi connectivity index (χ2n) is 4.58. The first kappa shape index (κ1) is 10.9. The minimum absolute atomic E-state index is 0.472. The van der Waals surface area contributed by atoms with Gasteiger partial charge in [0.15, 0.2) is 5.82 Å². The van der Waals surface area contributed by atoms with E-state index in [-0.39, 0.29) is 0 Å². The zero-order chi connectivity index (χ0) is 12.8. The summed E-state index contributed by atoms with van der Waals surface area (Å²) in [6.07, 6.45) is 5.49. The Balaban J connectivity index is 2.02. The van der Waals surface area contributed by atoms with Gasteiger partial charge in [0.05, 0.1) is 0 Å². The summed E-state index contributed by atoms with van der Waals surface area (Å²) < 4.78 is 1.78. The molecule has 0 radical (unpaired) electrons. The van der Waals surface area contributed by atoms with Crippen LogP contribution in [0.15, 0.2) is 12.4 Å². The number of aryl methyl sites for hydroxylation is 1. The number of carboxylic acids is 1. The molecule has 94 valence electrons. The topological polar surface area (TPSA) is 92.4 Å². The lowest BCUT2D eigenvalue weighted by molar-refractivity contribution is -0.145. The lowest BCUT2D eigenvalue weighted by Gasteiger charge is -2.38. The molecule has 7 heteroatoms. The molecule has 0 aromatic carbocycles. The minimum Gasteiger partial charge on any atom is -0.480 e. The molecule has 2 aromatic rings. The molecule has 3 rings (SSSR count). The number of hydrogen-bond donors (Lipinski definition) is 2. The summed E-state index contributed by atoms with van der Waals surface area (Å²) in [4.78, 5) is 15.5. The van der Waals surface area contributed by atoms with Gasteiger partial charge in [-0.3, -0.25) is 4.40 Å². The zero-order valence-electron chi connectivity index (χ0n) is 9.92. The third-order valence-corrected chi connectivity index (χ3v) is 3.47. The summed E-state index contributed by atoms with van der Waals surface area (Å²) in [5, 5.41) is 20.3. The van der Waals surface area contributed by atoms with Crippen LogP contribution >= 0.6 is 0 Å². The van der Waals surface area contributed by atoms with Gasteiger partial charge in [0, 0.05) is 12.4 Å². The van der Waals surface area contributed by atoms with Crippen LogP contribution in [0, 0.1) is 6.92 Å². The van der Waals surface area contributed by atoms with Crippen molar-refractivity contribution in [1.82, 2.24) is 19.6 Å². The van der Waals surface area contributed by atoms with Gasteiger partial charge in [-0.05, 0) is 26.2 Å². The summed E-state index contributed by atoms with van der Waals surface area (Å²) in [6, 6.07) is 0. The summed E-state index contributed by atoms with van der Waals surface area (Å²) in [7, 11) is 0. The highest BCUT2D eigenvalue weighted by Crippen LogP contribution is 2.35. The van der Waals surface area contributed by atoms with Crippen LogP contribution in [0.5, 0.6) is 0 Å². The number of nitrogens with zero attached hydrogens (tertiary/aromatic N) is 4. The molecule has 0 amide bonds. The van der Waals surface area contributed by atoms with E-state index in [9.17, 15) is 9.90 Å². The molecule has 0 aliphatic heterocycles. The van der Waals surface area contributed by atoms with E-state index in [1.165, 1.54) is 0 Å². The Morgan fingerprint density at radius 3 is 2.89 bits per heavy atom. The average Bonchev–Trinajstić information content (AvgIpc) is 2.66. The standard InChI is InChI=1S/C11H13N5O2/c1-7-14-15-9-8(12-5-6-16(7)9)13-11(10(17)18)3-2-4-11/h5-6H,2-4H2,1H3,(H,12,13)(H,17,18). The number of aliphatic carboxylic acids is 1. The number of hydrogen-bond acceptors (Lipinski definition) is 5. The highest BCUT2D eigenvalue weighted by atomic mass is 16.4. The largest absolute Gasteiger partial charge is 0.480 e. The monoisotopic (exact) mass is 247 g/mol. The van der Waals surface area contributed by atoms with Gasteiger partial charge in [-0.1, -0.05) is 0 Å². The molecule has 0 spiro atoms. The van der Waals surface area contributed by atoms with E-state index in [1.807, 2.05) is 6.92 Å². The Bertz CT molecular complexity index is 617. The molecule has 18 heavy (non-hydrogen) atoms. The number of aromatic nitrogens is 4. The maximum absolute atomic E-state index is 11.3. The maximum atomic E-state index is 11.3. The van der Waals surface area contributed by atoms with Crippen molar-refractivity contribution in [2.75, 3.05) is 5.32 Å². The second-order valence-corrected chi connectivity index (χ2v) is 4.58. The number of fused-ring (bicyclic) bond motifs is 1. The van der Waals surface area contributed by atoms with Crippen LogP contribution in [0.3, 0.4) is 0 Å². The normalized spacial score (nSPS) is 17.4. The number of carboxylic acid groups (broad SMARTS) is 1. The van der Waals surface area contributed by atoms with E-state index in [0.717, 1.165) is 12.2 Å². The quantitative estimate of drug-likeness (QED) is 0.835. The third-order valence-electron chi connectivity index (χ3n) is 3.47. The Morgan fingerprint density at radius 1 is 1.50 bits per heavy atom. The SMILES string of the molecule is Cc1nnc2c(NC3(C(=O)O)CCC3)nccn12. The molecular formula is C11H13N5O2. The highest BCUT2D eigenvalue weighted by Gasteiger charge is 2.45. The van der Waals surface area contributed by atoms with Gasteiger partial charge in [0.1, 0.15) is 11.4 Å². The molecular weight excluding hydrogens is 234 g/mol. The van der Waals surface area contributed by atoms with Gasteiger partial charge in [-0.2, -0.15) is 0 Å². The molecule has 1 aliphatic carbocycles. The minimum atomic E-state index is -0.894. The van der Waals surface area contributed by atoms with Crippen LogP contribution in [0.2, 0.25) is 0 Å². The number of rotatable bonds is 3. The van der Waals surface area contributed by atoms with Gasteiger partial charge in [-0.15, -0.1) is 10.2 Å². The zero-order valence-corrected chi connectivity index (χ0v) is 9.92. The van der Waals surface area contributed by atoms with Crippen molar-refractivity contribution in [2.24, 2.45) is 0 Å². The Morgan fingerprint density at radius 2 is 2.28 bits per heavy atom. The highest BCUT2D eigenvalue weighted by molar-refractivity contribution is 5.85. The first-order chi connectivity index (χ1) is 8.62. The van der Waals surface area contributed by atoms with Gasteiger partial charge < -0.3 is 10.4 Å². The first-order valence-corrected chi connectivity index (χ1v) is 5.80. The molecule has 0 bridgehead atoms. The predicted molar refractivity (Wildman–Crippen MR) is 63.4 cm³/mol. The van der Waals surface area contributed by atoms with E-state index in [1.54, 1.807) is 16.8 Å². The Labute approximate surface area is 103 Å². The maximum Gasteiger partial charge on any atom is 0.329 e. The first-order valence-electron chi connectivity index (χ1n) is 5.80. The number of anilines is 1. The van der Waals surface area contributed by atoms with Gasteiger partial charge >= 0.3 is 5.97 Å². The molecule has 1 aliphatic rings. The van der Waals surface area contributed by atoms with Crippen molar-refractivity contribution in [1.29, 1.82) is 0 Å². The van der Waals surface area contributed by atoms with Crippen LogP contribution in [-0.4, -0.2) is 36.2 Å². The van der Waals surface area contributed by atoms with E-state index in [2.05, 4.69) is 20.5 Å². The van der Waals surface area contributed by atoms with Crippen molar-refractivity contribution < 1.29 is 9.90 Å². The van der Waals surface area contributed by atoms with Crippen LogP contribution in [0.25, 0.3) is 5.65 Å². The van der Waals surface area contributed by atoms with Crippen molar-refractivity contribution >= 4 is 17.4 Å². The smallest absolute Gasteiger partial charge is 0.329 e. The second kappa shape index (κ2) is 3.66. The van der Waals surface area contributed by atoms with Crippen molar-refractivity contribution in [2.45, 2.75) is 31.7 Å². The van der Waals surface area contributed by atoms with E-state index < -0.39 is 11.5 Å². The molecule has 2 aromatic heterocycles. The van der Waals surface area contributed by atoms with E-state index in [4.69, 9.17) is 0 Å². The van der Waals surface area contributed by atoms with Crippen LogP contribution in [-0.2, 0) is 4.79 Å². The van der Waals surface area contributed by atoms with Crippen LogP contribution in [0.4, 0.5) is 5.82 Å². The fourth-order valence-electron chi connectivity index (χ4n) is 2.18. The lowest BCUT2D eigenvalue weighted by atomic mass is 9.77. The molecule has 2 N–H and O–H groups in total. The number of nitrogens with one attached hydrogen (secondary N) is 1. The van der Waals surface area contributed by atoms with Crippen molar-refractivity contribution in [3.8, 4) is 0 Å². The summed E-state index contributed by atoms with van der Waals surface area (Å²) in [5.74, 6) is 0.377. The molecule has 7 nitrogen and oxygen atoms in total. The summed E-state index contributed by atoms with van der Waals surface area (Å²) >= 11 is 0. The lowest BCUT2D eigenvalue weighted by Crippen LogP contribution is -2.52. The van der Waals surface area contributed by atoms with Crippen molar-refractivity contribution in [3.63, 3.8) is 0 Å². The average molecular weight is 247 g/mol. The number of carbonyl (C=O) groups is 1. The summed E-state index contributed by atoms with van der Waals surface area (Å²) in [5.41, 5.74) is -0.336.